The number of ether oxygens (including phenoxy) is 1. The molecule has 0 aliphatic heterocycles. The zero-order chi connectivity index (χ0) is 11.3. The fourth-order valence-electron chi connectivity index (χ4n) is 1.80. The van der Waals surface area contributed by atoms with Crippen LogP contribution in [0.5, 0.6) is 0 Å². The molecule has 1 fully saturated rings. The van der Waals surface area contributed by atoms with Gasteiger partial charge in [0.25, 0.3) is 0 Å². The molecule has 4 nitrogen and oxygen atoms in total. The van der Waals surface area contributed by atoms with Crippen molar-refractivity contribution in [2.24, 2.45) is 5.73 Å². The fraction of sp³-hybridized carbons (Fsp3) is 0.909. The molecule has 1 aliphatic rings. The molecule has 0 spiro atoms. The normalized spacial score (nSPS) is 20.5. The van der Waals surface area contributed by atoms with E-state index >= 15 is 0 Å². The van der Waals surface area contributed by atoms with Crippen LogP contribution in [0.15, 0.2) is 0 Å². The molecule has 0 aromatic rings. The molecule has 1 atom stereocenters. The second kappa shape index (κ2) is 5.47. The van der Waals surface area contributed by atoms with E-state index in [4.69, 9.17) is 10.5 Å². The van der Waals surface area contributed by atoms with Gasteiger partial charge in [0.15, 0.2) is 0 Å². The summed E-state index contributed by atoms with van der Waals surface area (Å²) in [6, 6.07) is -0.391. The third kappa shape index (κ3) is 3.80. The zero-order valence-corrected chi connectivity index (χ0v) is 9.71. The summed E-state index contributed by atoms with van der Waals surface area (Å²) in [7, 11) is 1.65. The molecule has 1 aliphatic carbocycles. The molecule has 3 N–H and O–H groups in total. The number of carbonyl (C=O) groups is 1. The van der Waals surface area contributed by atoms with E-state index in [1.54, 1.807) is 7.11 Å². The Bertz CT molecular complexity index is 215. The summed E-state index contributed by atoms with van der Waals surface area (Å²) < 4.78 is 4.92. The summed E-state index contributed by atoms with van der Waals surface area (Å²) in [6.07, 6.45) is 4.88. The lowest BCUT2D eigenvalue weighted by Crippen LogP contribution is -2.55. The third-order valence-corrected chi connectivity index (χ3v) is 3.08. The maximum atomic E-state index is 11.7. The van der Waals surface area contributed by atoms with Gasteiger partial charge >= 0.3 is 0 Å². The maximum absolute atomic E-state index is 11.7. The first-order valence-electron chi connectivity index (χ1n) is 5.64. The number of carbonyl (C=O) groups excluding carboxylic acids is 1. The van der Waals surface area contributed by atoms with Gasteiger partial charge in [-0.3, -0.25) is 4.79 Å². The number of nitrogens with two attached hydrogens (primary N) is 1. The van der Waals surface area contributed by atoms with Crippen molar-refractivity contribution in [3.05, 3.63) is 0 Å². The van der Waals surface area contributed by atoms with Gasteiger partial charge in [-0.25, -0.2) is 0 Å². The van der Waals surface area contributed by atoms with Crippen molar-refractivity contribution in [3.8, 4) is 0 Å². The standard InChI is InChI=1S/C11H22N2O2/c1-11(6-4-7-11)13-10(14)9(12)5-3-8-15-2/h9H,3-8,12H2,1-2H3,(H,13,14). The number of methoxy groups -OCH3 is 1. The van der Waals surface area contributed by atoms with Crippen LogP contribution in [0.4, 0.5) is 0 Å². The molecule has 0 aromatic carbocycles. The van der Waals surface area contributed by atoms with E-state index in [-0.39, 0.29) is 11.4 Å². The van der Waals surface area contributed by atoms with E-state index in [9.17, 15) is 4.79 Å². The molecular weight excluding hydrogens is 192 g/mol. The summed E-state index contributed by atoms with van der Waals surface area (Å²) in [5.41, 5.74) is 5.79. The molecule has 0 bridgehead atoms. The topological polar surface area (TPSA) is 64.3 Å². The molecule has 0 heterocycles. The predicted octanol–water partition coefficient (Wildman–Crippen LogP) is 0.799. The van der Waals surface area contributed by atoms with Gasteiger partial charge in [-0.2, -0.15) is 0 Å². The van der Waals surface area contributed by atoms with Crippen LogP contribution in [0.1, 0.15) is 39.0 Å². The van der Waals surface area contributed by atoms with Crippen LogP contribution in [-0.2, 0) is 9.53 Å². The first-order valence-corrected chi connectivity index (χ1v) is 5.64. The van der Waals surface area contributed by atoms with Crippen molar-refractivity contribution < 1.29 is 9.53 Å². The van der Waals surface area contributed by atoms with Gasteiger partial charge < -0.3 is 15.8 Å². The quantitative estimate of drug-likeness (QED) is 0.643. The van der Waals surface area contributed by atoms with E-state index in [2.05, 4.69) is 12.2 Å². The van der Waals surface area contributed by atoms with Crippen LogP contribution in [0, 0.1) is 0 Å². The summed E-state index contributed by atoms with van der Waals surface area (Å²) in [6.45, 7) is 2.74. The Labute approximate surface area is 91.5 Å². The van der Waals surface area contributed by atoms with Crippen molar-refractivity contribution >= 4 is 5.91 Å². The zero-order valence-electron chi connectivity index (χ0n) is 9.71. The molecular formula is C11H22N2O2. The van der Waals surface area contributed by atoms with E-state index in [1.807, 2.05) is 0 Å². The summed E-state index contributed by atoms with van der Waals surface area (Å²) in [5.74, 6) is -0.0201. The Kier molecular flexibility index (Phi) is 4.54. The SMILES string of the molecule is COCCCC(N)C(=O)NC1(C)CCC1. The molecule has 88 valence electrons. The number of nitrogens with one attached hydrogen (secondary N) is 1. The highest BCUT2D eigenvalue weighted by Gasteiger charge is 2.34. The van der Waals surface area contributed by atoms with Crippen molar-refractivity contribution in [1.82, 2.24) is 5.32 Å². The monoisotopic (exact) mass is 214 g/mol. The number of hydrogen-bond acceptors (Lipinski definition) is 3. The molecule has 4 heteroatoms. The number of amides is 1. The first kappa shape index (κ1) is 12.5. The van der Waals surface area contributed by atoms with E-state index in [0.29, 0.717) is 13.0 Å². The average molecular weight is 214 g/mol. The van der Waals surface area contributed by atoms with Gasteiger partial charge in [-0.15, -0.1) is 0 Å². The molecule has 1 rings (SSSR count). The highest BCUT2D eigenvalue weighted by molar-refractivity contribution is 5.82. The van der Waals surface area contributed by atoms with Crippen molar-refractivity contribution in [1.29, 1.82) is 0 Å². The molecule has 1 unspecified atom stereocenters. The molecule has 15 heavy (non-hydrogen) atoms. The molecule has 0 radical (unpaired) electrons. The van der Waals surface area contributed by atoms with Gasteiger partial charge in [0.1, 0.15) is 0 Å². The number of hydrogen-bond donors (Lipinski definition) is 2. The highest BCUT2D eigenvalue weighted by Crippen LogP contribution is 2.30. The maximum Gasteiger partial charge on any atom is 0.237 e. The molecule has 1 amide bonds. The predicted molar refractivity (Wildman–Crippen MR) is 59.5 cm³/mol. The molecule has 1 saturated carbocycles. The Morgan fingerprint density at radius 3 is 2.73 bits per heavy atom. The Balaban J connectivity index is 2.20. The van der Waals surface area contributed by atoms with Crippen molar-refractivity contribution in [2.75, 3.05) is 13.7 Å². The van der Waals surface area contributed by atoms with Crippen LogP contribution in [-0.4, -0.2) is 31.2 Å². The van der Waals surface area contributed by atoms with Crippen LogP contribution in [0.25, 0.3) is 0 Å². The van der Waals surface area contributed by atoms with Crippen LogP contribution in [0.3, 0.4) is 0 Å². The molecule has 0 saturated heterocycles. The van der Waals surface area contributed by atoms with Crippen molar-refractivity contribution in [3.63, 3.8) is 0 Å². The lowest BCUT2D eigenvalue weighted by atomic mass is 9.78. The minimum atomic E-state index is -0.391. The lowest BCUT2D eigenvalue weighted by Gasteiger charge is -2.39. The summed E-state index contributed by atoms with van der Waals surface area (Å²) in [5, 5.41) is 3.01. The summed E-state index contributed by atoms with van der Waals surface area (Å²) in [4.78, 5) is 11.7. The smallest absolute Gasteiger partial charge is 0.237 e. The second-order valence-electron chi connectivity index (χ2n) is 4.64. The van der Waals surface area contributed by atoms with Gasteiger partial charge in [-0.1, -0.05) is 0 Å². The van der Waals surface area contributed by atoms with Crippen LogP contribution in [0.2, 0.25) is 0 Å². The Hall–Kier alpha value is -0.610. The second-order valence-corrected chi connectivity index (χ2v) is 4.64. The van der Waals surface area contributed by atoms with Gasteiger partial charge in [-0.05, 0) is 39.0 Å². The largest absolute Gasteiger partial charge is 0.385 e. The minimum Gasteiger partial charge on any atom is -0.385 e. The lowest BCUT2D eigenvalue weighted by molar-refractivity contribution is -0.125. The van der Waals surface area contributed by atoms with Crippen LogP contribution >= 0.6 is 0 Å². The van der Waals surface area contributed by atoms with Gasteiger partial charge in [0.05, 0.1) is 6.04 Å². The van der Waals surface area contributed by atoms with Crippen molar-refractivity contribution in [2.45, 2.75) is 50.6 Å². The Morgan fingerprint density at radius 2 is 2.27 bits per heavy atom. The number of rotatable bonds is 6. The van der Waals surface area contributed by atoms with Crippen LogP contribution < -0.4 is 11.1 Å². The fourth-order valence-corrected chi connectivity index (χ4v) is 1.80. The third-order valence-electron chi connectivity index (χ3n) is 3.08. The van der Waals surface area contributed by atoms with Gasteiger partial charge in [0.2, 0.25) is 5.91 Å². The van der Waals surface area contributed by atoms with E-state index in [1.165, 1.54) is 6.42 Å². The molecule has 0 aromatic heterocycles. The highest BCUT2D eigenvalue weighted by atomic mass is 16.5. The first-order chi connectivity index (χ1) is 7.07. The van der Waals surface area contributed by atoms with E-state index < -0.39 is 6.04 Å². The minimum absolute atomic E-state index is 0.00988. The summed E-state index contributed by atoms with van der Waals surface area (Å²) >= 11 is 0. The average Bonchev–Trinajstić information content (AvgIpc) is 2.15. The Morgan fingerprint density at radius 1 is 1.60 bits per heavy atom. The van der Waals surface area contributed by atoms with E-state index in [0.717, 1.165) is 19.3 Å². The van der Waals surface area contributed by atoms with Gasteiger partial charge in [0, 0.05) is 19.3 Å².